The summed E-state index contributed by atoms with van der Waals surface area (Å²) in [6.45, 7) is 0.577. The molecule has 0 aliphatic heterocycles. The van der Waals surface area contributed by atoms with Crippen molar-refractivity contribution in [3.63, 3.8) is 0 Å². The number of nitrogen functional groups attached to an aromatic ring is 1. The summed E-state index contributed by atoms with van der Waals surface area (Å²) in [5.41, 5.74) is 6.30. The molecule has 1 rings (SSSR count). The van der Waals surface area contributed by atoms with Crippen LogP contribution in [-0.4, -0.2) is 55.5 Å². The third-order valence-corrected chi connectivity index (χ3v) is 2.35. The summed E-state index contributed by atoms with van der Waals surface area (Å²) in [5.74, 6) is 0.0614. The number of ether oxygens (including phenoxy) is 2. The van der Waals surface area contributed by atoms with Gasteiger partial charge in [-0.3, -0.25) is 10.7 Å². The quantitative estimate of drug-likeness (QED) is 0.267. The molecular formula is C12H19N5O4. The summed E-state index contributed by atoms with van der Waals surface area (Å²) in [5, 5.41) is 21.3. The first-order chi connectivity index (χ1) is 10.1. The van der Waals surface area contributed by atoms with Crippen LogP contribution in [0.4, 0.5) is 16.3 Å². The van der Waals surface area contributed by atoms with Gasteiger partial charge in [0.25, 0.3) is 0 Å². The van der Waals surface area contributed by atoms with Gasteiger partial charge in [0.1, 0.15) is 12.4 Å². The van der Waals surface area contributed by atoms with Gasteiger partial charge >= 0.3 is 6.03 Å². The fourth-order valence-corrected chi connectivity index (χ4v) is 1.38. The number of pyridine rings is 1. The highest BCUT2D eigenvalue weighted by Gasteiger charge is 2.10. The first kappa shape index (κ1) is 16.7. The number of rotatable bonds is 7. The van der Waals surface area contributed by atoms with E-state index < -0.39 is 6.03 Å². The average molecular weight is 297 g/mol. The van der Waals surface area contributed by atoms with Crippen molar-refractivity contribution in [2.24, 2.45) is 0 Å². The smallest absolute Gasteiger partial charge is 0.320 e. The molecule has 21 heavy (non-hydrogen) atoms. The Morgan fingerprint density at radius 1 is 1.52 bits per heavy atom. The van der Waals surface area contributed by atoms with Gasteiger partial charge < -0.3 is 25.6 Å². The van der Waals surface area contributed by atoms with Crippen LogP contribution in [0.5, 0.6) is 0 Å². The van der Waals surface area contributed by atoms with Crippen LogP contribution in [-0.2, 0) is 9.47 Å². The van der Waals surface area contributed by atoms with E-state index in [2.05, 4.69) is 15.6 Å². The molecule has 0 radical (unpaired) electrons. The van der Waals surface area contributed by atoms with Crippen molar-refractivity contribution < 1.29 is 19.4 Å². The number of urea groups is 1. The number of carbonyl (C=O) groups is 1. The molecule has 1 aromatic heterocycles. The molecule has 0 saturated carbocycles. The number of hydrogen-bond donors (Lipinski definition) is 5. The highest BCUT2D eigenvalue weighted by molar-refractivity contribution is 5.97. The molecule has 0 bridgehead atoms. The maximum Gasteiger partial charge on any atom is 0.320 e. The van der Waals surface area contributed by atoms with Gasteiger partial charge in [-0.25, -0.2) is 9.78 Å². The number of anilines is 2. The summed E-state index contributed by atoms with van der Waals surface area (Å²) in [4.78, 5) is 15.5. The Bertz CT molecular complexity index is 495. The van der Waals surface area contributed by atoms with Gasteiger partial charge in [0.05, 0.1) is 18.8 Å². The minimum atomic E-state index is -0.432. The molecule has 9 heteroatoms. The van der Waals surface area contributed by atoms with Crippen molar-refractivity contribution in [2.45, 2.75) is 0 Å². The van der Waals surface area contributed by atoms with E-state index in [1.165, 1.54) is 19.4 Å². The lowest BCUT2D eigenvalue weighted by Gasteiger charge is -2.10. The van der Waals surface area contributed by atoms with Crippen LogP contribution in [0, 0.1) is 5.41 Å². The van der Waals surface area contributed by atoms with E-state index in [9.17, 15) is 4.79 Å². The zero-order valence-electron chi connectivity index (χ0n) is 11.7. The first-order valence-electron chi connectivity index (χ1n) is 6.20. The van der Waals surface area contributed by atoms with Gasteiger partial charge in [0, 0.05) is 31.6 Å². The lowest BCUT2D eigenvalue weighted by atomic mass is 10.2. The zero-order chi connectivity index (χ0) is 15.7. The van der Waals surface area contributed by atoms with E-state index >= 15 is 0 Å². The maximum atomic E-state index is 11.5. The van der Waals surface area contributed by atoms with Crippen molar-refractivity contribution in [1.29, 1.82) is 5.41 Å². The minimum absolute atomic E-state index is 0.000179. The number of aliphatic hydroxyl groups excluding tert-OH is 1. The summed E-state index contributed by atoms with van der Waals surface area (Å²) >= 11 is 0. The van der Waals surface area contributed by atoms with E-state index in [0.29, 0.717) is 13.2 Å². The van der Waals surface area contributed by atoms with E-state index in [0.717, 1.165) is 0 Å². The Kier molecular flexibility index (Phi) is 6.92. The molecular weight excluding hydrogens is 278 g/mol. The van der Waals surface area contributed by atoms with Crippen LogP contribution in [0.15, 0.2) is 12.3 Å². The third-order valence-electron chi connectivity index (χ3n) is 2.35. The zero-order valence-corrected chi connectivity index (χ0v) is 11.7. The van der Waals surface area contributed by atoms with Crippen LogP contribution in [0.3, 0.4) is 0 Å². The number of nitrogens with zero attached hydrogens (tertiary/aromatic N) is 1. The molecule has 2 amide bonds. The largest absolute Gasteiger partial charge is 0.475 e. The third kappa shape index (κ3) is 5.63. The molecule has 6 N–H and O–H groups in total. The molecule has 9 nitrogen and oxygen atoms in total. The maximum absolute atomic E-state index is 11.5. The Balaban J connectivity index is 2.61. The molecule has 0 aliphatic carbocycles. The van der Waals surface area contributed by atoms with Gasteiger partial charge in [-0.15, -0.1) is 0 Å². The second-order valence-electron chi connectivity index (χ2n) is 3.93. The van der Waals surface area contributed by atoms with Crippen molar-refractivity contribution in [3.05, 3.63) is 17.8 Å². The topological polar surface area (TPSA) is 143 Å². The standard InChI is InChI=1S/C12H19N5O4/c1-20-4-2-15-12(19)17-10-6-9(13)8(7-16-10)11(14)21-5-3-18/h6-7,14,18H,2-5H2,1H3,(H4,13,15,16,17,19). The number of nitrogens with one attached hydrogen (secondary N) is 3. The molecule has 1 aromatic rings. The van der Waals surface area contributed by atoms with Gasteiger partial charge in [0.15, 0.2) is 0 Å². The predicted molar refractivity (Wildman–Crippen MR) is 77.4 cm³/mol. The number of carbonyl (C=O) groups excluding carboxylic acids is 1. The Labute approximate surface area is 122 Å². The van der Waals surface area contributed by atoms with Crippen LogP contribution >= 0.6 is 0 Å². The lowest BCUT2D eigenvalue weighted by Crippen LogP contribution is -2.31. The summed E-state index contributed by atoms with van der Waals surface area (Å²) in [6, 6.07) is 0.987. The van der Waals surface area contributed by atoms with Crippen molar-refractivity contribution in [3.8, 4) is 0 Å². The minimum Gasteiger partial charge on any atom is -0.475 e. The second kappa shape index (κ2) is 8.72. The molecule has 0 aromatic carbocycles. The van der Waals surface area contributed by atoms with Gasteiger partial charge in [-0.05, 0) is 0 Å². The average Bonchev–Trinajstić information content (AvgIpc) is 2.45. The number of amides is 2. The Morgan fingerprint density at radius 3 is 2.90 bits per heavy atom. The number of aliphatic hydroxyl groups is 1. The van der Waals surface area contributed by atoms with Crippen LogP contribution in [0.25, 0.3) is 0 Å². The summed E-state index contributed by atoms with van der Waals surface area (Å²) < 4.78 is 9.75. The fraction of sp³-hybridized carbons (Fsp3) is 0.417. The number of nitrogens with two attached hydrogens (primary N) is 1. The Morgan fingerprint density at radius 2 is 2.29 bits per heavy atom. The summed E-state index contributed by atoms with van der Waals surface area (Å²) in [6.07, 6.45) is 1.32. The molecule has 0 spiro atoms. The highest BCUT2D eigenvalue weighted by Crippen LogP contribution is 2.15. The van der Waals surface area contributed by atoms with Crippen molar-refractivity contribution in [2.75, 3.05) is 44.5 Å². The van der Waals surface area contributed by atoms with Gasteiger partial charge in [-0.2, -0.15) is 0 Å². The number of methoxy groups -OCH3 is 1. The lowest BCUT2D eigenvalue weighted by molar-refractivity contribution is 0.193. The van der Waals surface area contributed by atoms with Crippen LogP contribution < -0.4 is 16.4 Å². The monoisotopic (exact) mass is 297 g/mol. The van der Waals surface area contributed by atoms with Gasteiger partial charge in [0.2, 0.25) is 5.90 Å². The number of aromatic nitrogens is 1. The van der Waals surface area contributed by atoms with E-state index in [1.807, 2.05) is 0 Å². The number of hydrogen-bond acceptors (Lipinski definition) is 7. The molecule has 0 saturated heterocycles. The normalized spacial score (nSPS) is 10.0. The molecule has 0 unspecified atom stereocenters. The molecule has 116 valence electrons. The molecule has 0 aliphatic rings. The molecule has 0 atom stereocenters. The predicted octanol–water partition coefficient (Wildman–Crippen LogP) is -0.234. The molecule has 1 heterocycles. The highest BCUT2D eigenvalue weighted by atomic mass is 16.5. The SMILES string of the molecule is COCCNC(=O)Nc1cc(N)c(C(=N)OCCO)cn1. The molecule has 0 fully saturated rings. The van der Waals surface area contributed by atoms with E-state index in [4.69, 9.17) is 25.7 Å². The van der Waals surface area contributed by atoms with Crippen LogP contribution in [0.1, 0.15) is 5.56 Å². The Hall–Kier alpha value is -2.39. The van der Waals surface area contributed by atoms with Crippen LogP contribution in [0.2, 0.25) is 0 Å². The van der Waals surface area contributed by atoms with Crippen molar-refractivity contribution >= 4 is 23.4 Å². The fourth-order valence-electron chi connectivity index (χ4n) is 1.38. The van der Waals surface area contributed by atoms with E-state index in [1.54, 1.807) is 0 Å². The van der Waals surface area contributed by atoms with Gasteiger partial charge in [-0.1, -0.05) is 0 Å². The summed E-state index contributed by atoms with van der Waals surface area (Å²) in [7, 11) is 1.54. The second-order valence-corrected chi connectivity index (χ2v) is 3.93. The van der Waals surface area contributed by atoms with Crippen molar-refractivity contribution in [1.82, 2.24) is 10.3 Å². The van der Waals surface area contributed by atoms with E-state index in [-0.39, 0.29) is 36.2 Å². The first-order valence-corrected chi connectivity index (χ1v) is 6.20.